The summed E-state index contributed by atoms with van der Waals surface area (Å²) in [5, 5.41) is 4.43. The maximum atomic E-state index is 5.83. The minimum atomic E-state index is 0. The van der Waals surface area contributed by atoms with E-state index in [4.69, 9.17) is 14.7 Å². The summed E-state index contributed by atoms with van der Waals surface area (Å²) >= 11 is 1.47. The molecule has 0 amide bonds. The van der Waals surface area contributed by atoms with Crippen molar-refractivity contribution in [1.82, 2.24) is 5.16 Å². The Bertz CT molecular complexity index is 518. The lowest BCUT2D eigenvalue weighted by atomic mass is 10.2. The molecule has 0 aromatic carbocycles. The Balaban J connectivity index is 0.00000180. The van der Waals surface area contributed by atoms with Crippen molar-refractivity contribution in [2.45, 2.75) is 26.1 Å². The Morgan fingerprint density at radius 1 is 1.47 bits per heavy atom. The van der Waals surface area contributed by atoms with Gasteiger partial charge in [-0.2, -0.15) is 0 Å². The Labute approximate surface area is 122 Å². The zero-order valence-corrected chi connectivity index (χ0v) is 12.4. The second kappa shape index (κ2) is 7.25. The minimum absolute atomic E-state index is 0. The zero-order chi connectivity index (χ0) is 13.0. The van der Waals surface area contributed by atoms with E-state index in [1.807, 2.05) is 26.0 Å². The molecule has 104 valence electrons. The molecule has 0 aliphatic rings. The molecule has 0 fully saturated rings. The fraction of sp³-hybridized carbons (Fsp3) is 0.333. The molecule has 7 heteroatoms. The molecule has 0 radical (unpaired) electrons. The molecule has 0 aliphatic carbocycles. The fourth-order valence-corrected chi connectivity index (χ4v) is 2.32. The van der Waals surface area contributed by atoms with Crippen LogP contribution in [0, 0.1) is 13.8 Å². The SMILES string of the molecule is Cc1noc(C)c1CSC(N)=NCc1ccco1.Cl. The van der Waals surface area contributed by atoms with Gasteiger partial charge in [-0.1, -0.05) is 16.9 Å². The molecular formula is C12H16ClN3O2S. The summed E-state index contributed by atoms with van der Waals surface area (Å²) < 4.78 is 10.3. The van der Waals surface area contributed by atoms with Crippen molar-refractivity contribution in [3.8, 4) is 0 Å². The van der Waals surface area contributed by atoms with Crippen molar-refractivity contribution in [3.63, 3.8) is 0 Å². The molecule has 2 aromatic rings. The number of furan rings is 1. The number of aliphatic imine (C=N–C) groups is 1. The predicted molar refractivity (Wildman–Crippen MR) is 78.6 cm³/mol. The van der Waals surface area contributed by atoms with Gasteiger partial charge in [0.2, 0.25) is 0 Å². The standard InChI is InChI=1S/C12H15N3O2S.ClH/c1-8-11(9(2)17-15-8)7-18-12(13)14-6-10-4-3-5-16-10;/h3-5H,6-7H2,1-2H3,(H2,13,14);1H. The maximum absolute atomic E-state index is 5.83. The molecule has 0 spiro atoms. The summed E-state index contributed by atoms with van der Waals surface area (Å²) in [6.45, 7) is 4.28. The first-order valence-corrected chi connectivity index (χ1v) is 6.52. The Hall–Kier alpha value is -1.40. The lowest BCUT2D eigenvalue weighted by molar-refractivity contribution is 0.392. The number of aromatic nitrogens is 1. The smallest absolute Gasteiger partial charge is 0.154 e. The van der Waals surface area contributed by atoms with Gasteiger partial charge >= 0.3 is 0 Å². The van der Waals surface area contributed by atoms with Crippen molar-refractivity contribution in [2.24, 2.45) is 10.7 Å². The van der Waals surface area contributed by atoms with Crippen molar-refractivity contribution in [2.75, 3.05) is 0 Å². The van der Waals surface area contributed by atoms with Crippen LogP contribution in [-0.4, -0.2) is 10.3 Å². The maximum Gasteiger partial charge on any atom is 0.154 e. The van der Waals surface area contributed by atoms with Gasteiger partial charge in [0.05, 0.1) is 18.5 Å². The highest BCUT2D eigenvalue weighted by atomic mass is 35.5. The van der Waals surface area contributed by atoms with Gasteiger partial charge < -0.3 is 14.7 Å². The van der Waals surface area contributed by atoms with E-state index >= 15 is 0 Å². The summed E-state index contributed by atoms with van der Waals surface area (Å²) in [6.07, 6.45) is 1.62. The van der Waals surface area contributed by atoms with Gasteiger partial charge in [0, 0.05) is 11.3 Å². The third-order valence-electron chi connectivity index (χ3n) is 2.52. The summed E-state index contributed by atoms with van der Waals surface area (Å²) in [5.41, 5.74) is 7.81. The lowest BCUT2D eigenvalue weighted by Crippen LogP contribution is -2.07. The lowest BCUT2D eigenvalue weighted by Gasteiger charge is -2.00. The molecule has 5 nitrogen and oxygen atoms in total. The van der Waals surface area contributed by atoms with Crippen LogP contribution in [0.4, 0.5) is 0 Å². The van der Waals surface area contributed by atoms with E-state index in [0.717, 1.165) is 22.8 Å². The van der Waals surface area contributed by atoms with Gasteiger partial charge in [0.25, 0.3) is 0 Å². The van der Waals surface area contributed by atoms with E-state index in [1.54, 1.807) is 6.26 Å². The summed E-state index contributed by atoms with van der Waals surface area (Å²) in [4.78, 5) is 4.24. The largest absolute Gasteiger partial charge is 0.467 e. The Morgan fingerprint density at radius 3 is 2.84 bits per heavy atom. The van der Waals surface area contributed by atoms with Gasteiger partial charge in [-0.25, -0.2) is 0 Å². The molecular weight excluding hydrogens is 286 g/mol. The molecule has 0 saturated carbocycles. The van der Waals surface area contributed by atoms with Crippen LogP contribution in [0.3, 0.4) is 0 Å². The molecule has 0 aliphatic heterocycles. The minimum Gasteiger partial charge on any atom is -0.467 e. The topological polar surface area (TPSA) is 77.5 Å². The third-order valence-corrected chi connectivity index (χ3v) is 3.37. The second-order valence-electron chi connectivity index (χ2n) is 3.83. The van der Waals surface area contributed by atoms with Crippen molar-refractivity contribution in [1.29, 1.82) is 0 Å². The van der Waals surface area contributed by atoms with E-state index in [2.05, 4.69) is 10.1 Å². The zero-order valence-electron chi connectivity index (χ0n) is 10.8. The number of nitrogens with zero attached hydrogens (tertiary/aromatic N) is 2. The van der Waals surface area contributed by atoms with Crippen LogP contribution < -0.4 is 5.73 Å². The van der Waals surface area contributed by atoms with E-state index in [9.17, 15) is 0 Å². The molecule has 19 heavy (non-hydrogen) atoms. The van der Waals surface area contributed by atoms with E-state index in [1.165, 1.54) is 11.8 Å². The van der Waals surface area contributed by atoms with Crippen LogP contribution in [0.2, 0.25) is 0 Å². The van der Waals surface area contributed by atoms with E-state index in [-0.39, 0.29) is 12.4 Å². The second-order valence-corrected chi connectivity index (χ2v) is 4.82. The van der Waals surface area contributed by atoms with Crippen LogP contribution in [0.5, 0.6) is 0 Å². The molecule has 0 unspecified atom stereocenters. The molecule has 2 rings (SSSR count). The van der Waals surface area contributed by atoms with Crippen molar-refractivity contribution >= 4 is 29.3 Å². The number of thioether (sulfide) groups is 1. The summed E-state index contributed by atoms with van der Waals surface area (Å²) in [5.74, 6) is 2.35. The molecule has 0 bridgehead atoms. The van der Waals surface area contributed by atoms with Crippen LogP contribution in [0.25, 0.3) is 0 Å². The number of aryl methyl sites for hydroxylation is 2. The number of halogens is 1. The molecule has 0 saturated heterocycles. The number of hydrogen-bond donors (Lipinski definition) is 1. The summed E-state index contributed by atoms with van der Waals surface area (Å²) in [6, 6.07) is 3.70. The van der Waals surface area contributed by atoms with Gasteiger partial charge in [-0.05, 0) is 26.0 Å². The highest BCUT2D eigenvalue weighted by Gasteiger charge is 2.09. The first-order valence-electron chi connectivity index (χ1n) is 5.53. The Kier molecular flexibility index (Phi) is 5.98. The highest BCUT2D eigenvalue weighted by Crippen LogP contribution is 2.19. The van der Waals surface area contributed by atoms with Gasteiger partial charge in [-0.3, -0.25) is 4.99 Å². The van der Waals surface area contributed by atoms with Crippen LogP contribution in [-0.2, 0) is 12.3 Å². The Morgan fingerprint density at radius 2 is 2.26 bits per heavy atom. The van der Waals surface area contributed by atoms with E-state index < -0.39 is 0 Å². The van der Waals surface area contributed by atoms with Gasteiger partial charge in [0.1, 0.15) is 11.5 Å². The van der Waals surface area contributed by atoms with E-state index in [0.29, 0.717) is 17.5 Å². The van der Waals surface area contributed by atoms with Crippen molar-refractivity contribution < 1.29 is 8.94 Å². The molecule has 0 atom stereocenters. The number of hydrogen-bond acceptors (Lipinski definition) is 5. The normalized spacial score (nSPS) is 11.4. The first-order chi connectivity index (χ1) is 8.66. The van der Waals surface area contributed by atoms with Crippen LogP contribution in [0.15, 0.2) is 32.3 Å². The first kappa shape index (κ1) is 15.7. The summed E-state index contributed by atoms with van der Waals surface area (Å²) in [7, 11) is 0. The van der Waals surface area contributed by atoms with Crippen LogP contribution in [0.1, 0.15) is 22.8 Å². The number of amidine groups is 1. The fourth-order valence-electron chi connectivity index (χ4n) is 1.46. The average Bonchev–Trinajstić information content (AvgIpc) is 2.96. The van der Waals surface area contributed by atoms with Gasteiger partial charge in [0.15, 0.2) is 5.17 Å². The third kappa shape index (κ3) is 4.33. The quantitative estimate of drug-likeness (QED) is 0.693. The predicted octanol–water partition coefficient (Wildman–Crippen LogP) is 3.05. The molecule has 2 N–H and O–H groups in total. The highest BCUT2D eigenvalue weighted by molar-refractivity contribution is 8.13. The van der Waals surface area contributed by atoms with Gasteiger partial charge in [-0.15, -0.1) is 12.4 Å². The number of nitrogens with two attached hydrogens (primary N) is 1. The molecule has 2 aromatic heterocycles. The molecule has 2 heterocycles. The monoisotopic (exact) mass is 301 g/mol. The number of rotatable bonds is 4. The van der Waals surface area contributed by atoms with Crippen LogP contribution >= 0.6 is 24.2 Å². The van der Waals surface area contributed by atoms with Crippen molar-refractivity contribution in [3.05, 3.63) is 41.2 Å². The average molecular weight is 302 g/mol.